The van der Waals surface area contributed by atoms with E-state index in [0.717, 1.165) is 56.6 Å². The van der Waals surface area contributed by atoms with Gasteiger partial charge in [-0.05, 0) is 252 Å². The molecule has 0 atom stereocenters. The minimum absolute atomic E-state index is 1.08. The third-order valence-corrected chi connectivity index (χ3v) is 37.2. The van der Waals surface area contributed by atoms with E-state index >= 15 is 0 Å². The Bertz CT molecular complexity index is 7890. The molecule has 652 valence electrons. The molecule has 0 N–H and O–H groups in total. The van der Waals surface area contributed by atoms with Gasteiger partial charge in [0.05, 0.1) is 0 Å². The van der Waals surface area contributed by atoms with Gasteiger partial charge in [-0.25, -0.2) is 0 Å². The lowest BCUT2D eigenvalue weighted by Gasteiger charge is -2.45. The fourth-order valence-corrected chi connectivity index (χ4v) is 31.1. The maximum atomic E-state index is 2.49. The molecular weight excluding hydrogens is 1700 g/mol. The van der Waals surface area contributed by atoms with Gasteiger partial charge in [0.25, 0.3) is 0 Å². The van der Waals surface area contributed by atoms with Gasteiger partial charge in [-0.3, -0.25) is 0 Å². The van der Waals surface area contributed by atoms with Crippen molar-refractivity contribution in [1.82, 2.24) is 0 Å². The van der Waals surface area contributed by atoms with Gasteiger partial charge in [0, 0.05) is 68.2 Å². The zero-order chi connectivity index (χ0) is 92.0. The molecule has 0 saturated heterocycles. The van der Waals surface area contributed by atoms with Crippen molar-refractivity contribution < 1.29 is 0 Å². The predicted octanol–water partition coefficient (Wildman–Crippen LogP) is 30.0. The summed E-state index contributed by atoms with van der Waals surface area (Å²) in [5, 5.41) is 11.0. The van der Waals surface area contributed by atoms with Crippen LogP contribution in [0.15, 0.2) is 582 Å². The molecule has 2 aliphatic heterocycles. The van der Waals surface area contributed by atoms with Gasteiger partial charge < -0.3 is 19.6 Å². The molecular formula is C132H96N4Si2. The van der Waals surface area contributed by atoms with Gasteiger partial charge in [0.1, 0.15) is 0 Å². The molecule has 0 bridgehead atoms. The first-order chi connectivity index (χ1) is 68.4. The highest BCUT2D eigenvalue weighted by Gasteiger charge is 2.51. The SMILES string of the molecule is c1ccc(-c2ccc(-c3ccc(N(c4ccc(-c5ccc6c(c5)N(c5ccccc5)c5ccccc5[Si]6(c5ccccc5)c5ccccc5)cc4)c4cccc(-c5ccccc5)c4)cc3)cc2)cc1.c1ccc(-c2ccc(-c3cccc(N(c4ccc(-c5ccccc5)cc4)c4ccc(-c5ccc6c(c5)N(c5ccccc5)c5ccccc5[Si]6(c5ccccc5)c5ccccc5)cc4)c3)cc2)cc1. The summed E-state index contributed by atoms with van der Waals surface area (Å²) in [7, 11) is -5.59. The van der Waals surface area contributed by atoms with Gasteiger partial charge in [-0.2, -0.15) is 0 Å². The van der Waals surface area contributed by atoms with Gasteiger partial charge in [-0.15, -0.1) is 0 Å². The van der Waals surface area contributed by atoms with E-state index in [-0.39, 0.29) is 0 Å². The smallest absolute Gasteiger partial charge is 0.184 e. The van der Waals surface area contributed by atoms with Crippen LogP contribution in [0.5, 0.6) is 0 Å². The molecule has 138 heavy (non-hydrogen) atoms. The number of fused-ring (bicyclic) bond motifs is 4. The second-order valence-electron chi connectivity index (χ2n) is 35.4. The minimum atomic E-state index is -2.80. The van der Waals surface area contributed by atoms with Crippen LogP contribution in [0.1, 0.15) is 0 Å². The average Bonchev–Trinajstić information content (AvgIpc) is 0.696. The summed E-state index contributed by atoms with van der Waals surface area (Å²) in [5.41, 5.74) is 32.7. The predicted molar refractivity (Wildman–Crippen MR) is 589 cm³/mol. The molecule has 0 spiro atoms. The average molecular weight is 1790 g/mol. The third kappa shape index (κ3) is 16.1. The molecule has 22 aromatic carbocycles. The molecule has 2 heterocycles. The number of rotatable bonds is 20. The monoisotopic (exact) mass is 1790 g/mol. The van der Waals surface area contributed by atoms with Crippen LogP contribution in [0, 0.1) is 0 Å². The van der Waals surface area contributed by atoms with E-state index in [4.69, 9.17) is 0 Å². The van der Waals surface area contributed by atoms with Gasteiger partial charge in [-0.1, -0.05) is 461 Å². The second kappa shape index (κ2) is 37.9. The molecule has 0 fully saturated rings. The van der Waals surface area contributed by atoms with Crippen LogP contribution >= 0.6 is 0 Å². The highest BCUT2D eigenvalue weighted by atomic mass is 28.3. The Balaban J connectivity index is 0.000000155. The maximum Gasteiger partial charge on any atom is 0.184 e. The van der Waals surface area contributed by atoms with E-state index in [1.54, 1.807) is 0 Å². The number of anilines is 12. The Morgan fingerprint density at radius 1 is 0.123 bits per heavy atom. The quantitative estimate of drug-likeness (QED) is 0.0705. The molecule has 0 saturated carbocycles. The number of benzene rings is 22. The summed E-state index contributed by atoms with van der Waals surface area (Å²) >= 11 is 0. The first kappa shape index (κ1) is 84.7. The lowest BCUT2D eigenvalue weighted by Crippen LogP contribution is -2.77. The molecule has 0 radical (unpaired) electrons. The van der Waals surface area contributed by atoms with Crippen molar-refractivity contribution in [2.24, 2.45) is 0 Å². The van der Waals surface area contributed by atoms with E-state index < -0.39 is 16.1 Å². The van der Waals surface area contributed by atoms with Crippen molar-refractivity contribution in [1.29, 1.82) is 0 Å². The molecule has 0 amide bonds. The first-order valence-corrected chi connectivity index (χ1v) is 51.5. The fraction of sp³-hybridized carbons (Fsp3) is 0. The van der Waals surface area contributed by atoms with E-state index in [9.17, 15) is 0 Å². The van der Waals surface area contributed by atoms with E-state index in [2.05, 4.69) is 602 Å². The van der Waals surface area contributed by atoms with Crippen molar-refractivity contribution in [3.8, 4) is 89.0 Å². The van der Waals surface area contributed by atoms with Crippen molar-refractivity contribution in [2.75, 3.05) is 19.6 Å². The second-order valence-corrected chi connectivity index (χ2v) is 42.8. The van der Waals surface area contributed by atoms with Crippen LogP contribution in [0.25, 0.3) is 89.0 Å². The standard InChI is InChI=1S/2C66H48N2Si/c1-6-19-49(20-7-1)51-33-35-53(36-34-51)55-23-18-26-60(47-55)67(58-42-37-52(38-43-58)50-21-8-2-9-22-50)59-44-39-54(40-45-59)56-41-46-66-64(48-56)68(57-24-10-3-11-25-57)63-31-16-17-32-65(63)69(66,61-27-12-4-13-28-61)62-29-14-5-15-30-62;1-6-19-49(20-7-1)51-33-35-52(36-34-51)53-37-42-58(43-38-53)67(60-26-18-23-55(47-60)50-21-8-2-9-22-50)59-44-39-54(40-45-59)56-41-46-66-64(48-56)68(57-24-10-3-11-25-57)63-31-16-17-32-65(63)69(66,61-27-12-4-13-28-61)62-29-14-5-15-30-62/h2*1-48H. The molecule has 22 aromatic rings. The van der Waals surface area contributed by atoms with Crippen molar-refractivity contribution >= 4 is 126 Å². The number of hydrogen-bond donors (Lipinski definition) is 0. The van der Waals surface area contributed by atoms with Crippen molar-refractivity contribution in [3.63, 3.8) is 0 Å². The largest absolute Gasteiger partial charge is 0.311 e. The van der Waals surface area contributed by atoms with Crippen molar-refractivity contribution in [3.05, 3.63) is 582 Å². The Morgan fingerprint density at radius 3 is 0.587 bits per heavy atom. The normalized spacial score (nSPS) is 12.4. The van der Waals surface area contributed by atoms with Crippen LogP contribution in [0.4, 0.5) is 68.2 Å². The van der Waals surface area contributed by atoms with Gasteiger partial charge in [0.15, 0.2) is 16.1 Å². The van der Waals surface area contributed by atoms with E-state index in [1.165, 1.54) is 142 Å². The zero-order valence-electron chi connectivity index (χ0n) is 76.2. The molecule has 0 aromatic heterocycles. The highest BCUT2D eigenvalue weighted by molar-refractivity contribution is 7.22. The Labute approximate surface area is 810 Å². The molecule has 0 aliphatic carbocycles. The van der Waals surface area contributed by atoms with Crippen LogP contribution in [-0.4, -0.2) is 16.1 Å². The summed E-state index contributed by atoms with van der Waals surface area (Å²) in [5.74, 6) is 0. The minimum Gasteiger partial charge on any atom is -0.311 e. The lowest BCUT2D eigenvalue weighted by atomic mass is 9.99. The Morgan fingerprint density at radius 2 is 0.312 bits per heavy atom. The fourth-order valence-electron chi connectivity index (χ4n) is 21.0. The summed E-state index contributed by atoms with van der Waals surface area (Å²) in [6.45, 7) is 0. The number of hydrogen-bond acceptors (Lipinski definition) is 4. The lowest BCUT2D eigenvalue weighted by molar-refractivity contribution is 1.28. The molecule has 6 heteroatoms. The van der Waals surface area contributed by atoms with Crippen molar-refractivity contribution in [2.45, 2.75) is 0 Å². The zero-order valence-corrected chi connectivity index (χ0v) is 78.2. The summed E-state index contributed by atoms with van der Waals surface area (Å²) in [4.78, 5) is 9.73. The number of nitrogens with zero attached hydrogens (tertiary/aromatic N) is 4. The maximum absolute atomic E-state index is 2.80. The van der Waals surface area contributed by atoms with Crippen LogP contribution in [0.2, 0.25) is 0 Å². The molecule has 0 unspecified atom stereocenters. The van der Waals surface area contributed by atoms with Crippen LogP contribution in [0.3, 0.4) is 0 Å². The molecule has 24 rings (SSSR count). The number of para-hydroxylation sites is 4. The van der Waals surface area contributed by atoms with Crippen LogP contribution in [-0.2, 0) is 0 Å². The first-order valence-electron chi connectivity index (χ1n) is 47.5. The highest BCUT2D eigenvalue weighted by Crippen LogP contribution is 2.47. The molecule has 4 nitrogen and oxygen atoms in total. The molecule has 2 aliphatic rings. The van der Waals surface area contributed by atoms with Gasteiger partial charge in [0.2, 0.25) is 0 Å². The topological polar surface area (TPSA) is 13.0 Å². The third-order valence-electron chi connectivity index (χ3n) is 27.5. The van der Waals surface area contributed by atoms with Crippen LogP contribution < -0.4 is 61.1 Å². The van der Waals surface area contributed by atoms with E-state index in [0.29, 0.717) is 0 Å². The Hall–Kier alpha value is -17.5. The van der Waals surface area contributed by atoms with Gasteiger partial charge >= 0.3 is 0 Å². The summed E-state index contributed by atoms with van der Waals surface area (Å²) < 4.78 is 0. The Kier molecular flexibility index (Phi) is 23.2. The van der Waals surface area contributed by atoms with E-state index in [1.807, 2.05) is 0 Å². The summed E-state index contributed by atoms with van der Waals surface area (Å²) in [6.07, 6.45) is 0. The summed E-state index contributed by atoms with van der Waals surface area (Å²) in [6, 6.07) is 214.